The first kappa shape index (κ1) is 11.0. The Hall–Kier alpha value is -0.0900. The lowest BCUT2D eigenvalue weighted by Gasteiger charge is -2.11. The highest BCUT2D eigenvalue weighted by Crippen LogP contribution is 2.06. The van der Waals surface area contributed by atoms with E-state index >= 15 is 0 Å². The summed E-state index contributed by atoms with van der Waals surface area (Å²) in [7, 11) is 0. The predicted octanol–water partition coefficient (Wildman–Crippen LogP) is 3.42. The van der Waals surface area contributed by atoms with Crippen LogP contribution in [0, 0.1) is 0 Å². The van der Waals surface area contributed by atoms with Crippen molar-refractivity contribution in [3.8, 4) is 0 Å². The van der Waals surface area contributed by atoms with E-state index in [1.807, 2.05) is 18.2 Å². The zero-order valence-electron chi connectivity index (χ0n) is 7.87. The van der Waals surface area contributed by atoms with Gasteiger partial charge in [0, 0.05) is 4.43 Å². The molecule has 0 amide bonds. The molecule has 1 rings (SSSR count). The van der Waals surface area contributed by atoms with Crippen LogP contribution in [0.25, 0.3) is 0 Å². The second-order valence-electron chi connectivity index (χ2n) is 3.08. The van der Waals surface area contributed by atoms with E-state index in [1.54, 1.807) is 0 Å². The highest BCUT2D eigenvalue weighted by atomic mass is 127. The van der Waals surface area contributed by atoms with Crippen molar-refractivity contribution in [3.63, 3.8) is 0 Å². The molecule has 72 valence electrons. The number of rotatable bonds is 5. The summed E-state index contributed by atoms with van der Waals surface area (Å²) in [4.78, 5) is 0. The van der Waals surface area contributed by atoms with Crippen LogP contribution in [0.5, 0.6) is 0 Å². The fraction of sp³-hybridized carbons (Fsp3) is 0.455. The van der Waals surface area contributed by atoms with Gasteiger partial charge in [-0.2, -0.15) is 0 Å². The number of hydrogen-bond donors (Lipinski definition) is 0. The normalized spacial score (nSPS) is 12.8. The van der Waals surface area contributed by atoms with Crippen molar-refractivity contribution in [1.29, 1.82) is 0 Å². The zero-order chi connectivity index (χ0) is 9.52. The molecule has 0 aliphatic carbocycles. The third-order valence-electron chi connectivity index (χ3n) is 1.89. The van der Waals surface area contributed by atoms with Crippen LogP contribution >= 0.6 is 22.6 Å². The molecule has 0 fully saturated rings. The van der Waals surface area contributed by atoms with Gasteiger partial charge in [-0.1, -0.05) is 52.9 Å². The van der Waals surface area contributed by atoms with Gasteiger partial charge < -0.3 is 4.74 Å². The van der Waals surface area contributed by atoms with E-state index in [1.165, 1.54) is 5.56 Å². The second-order valence-corrected chi connectivity index (χ2v) is 4.16. The summed E-state index contributed by atoms with van der Waals surface area (Å²) in [5, 5.41) is 0. The summed E-state index contributed by atoms with van der Waals surface area (Å²) < 4.78 is 6.82. The first-order valence-corrected chi connectivity index (χ1v) is 6.07. The van der Waals surface area contributed by atoms with Crippen molar-refractivity contribution >= 4 is 22.6 Å². The van der Waals surface area contributed by atoms with Gasteiger partial charge >= 0.3 is 0 Å². The summed E-state index contributed by atoms with van der Waals surface area (Å²) in [6.45, 7) is 2.86. The van der Waals surface area contributed by atoms with Gasteiger partial charge in [-0.15, -0.1) is 0 Å². The molecule has 2 heteroatoms. The summed E-state index contributed by atoms with van der Waals surface area (Å²) in [6.07, 6.45) is 1.50. The van der Waals surface area contributed by atoms with Crippen LogP contribution in [0.2, 0.25) is 0 Å². The molecule has 0 radical (unpaired) electrons. The van der Waals surface area contributed by atoms with Crippen LogP contribution in [0.4, 0.5) is 0 Å². The maximum absolute atomic E-state index is 5.66. The van der Waals surface area contributed by atoms with Gasteiger partial charge in [0.1, 0.15) is 0 Å². The summed E-state index contributed by atoms with van der Waals surface area (Å²) in [5.74, 6) is 0. The Morgan fingerprint density at radius 3 is 2.62 bits per heavy atom. The average molecular weight is 290 g/mol. The highest BCUT2D eigenvalue weighted by Gasteiger charge is 2.00. The van der Waals surface area contributed by atoms with Crippen molar-refractivity contribution in [2.75, 3.05) is 4.43 Å². The van der Waals surface area contributed by atoms with E-state index in [-0.39, 0.29) is 0 Å². The average Bonchev–Trinajstić information content (AvgIpc) is 2.17. The molecular weight excluding hydrogens is 275 g/mol. The van der Waals surface area contributed by atoms with E-state index in [9.17, 15) is 0 Å². The first-order chi connectivity index (χ1) is 6.33. The van der Waals surface area contributed by atoms with E-state index in [0.29, 0.717) is 6.10 Å². The van der Waals surface area contributed by atoms with Crippen molar-refractivity contribution in [2.45, 2.75) is 26.1 Å². The molecule has 0 bridgehead atoms. The minimum Gasteiger partial charge on any atom is -0.374 e. The lowest BCUT2D eigenvalue weighted by Crippen LogP contribution is -2.08. The summed E-state index contributed by atoms with van der Waals surface area (Å²) >= 11 is 2.38. The topological polar surface area (TPSA) is 9.23 Å². The molecule has 1 unspecified atom stereocenters. The molecule has 0 saturated heterocycles. The lowest BCUT2D eigenvalue weighted by molar-refractivity contribution is 0.0520. The van der Waals surface area contributed by atoms with E-state index < -0.39 is 0 Å². The molecule has 0 aliphatic heterocycles. The first-order valence-electron chi connectivity index (χ1n) is 4.54. The number of hydrogen-bond acceptors (Lipinski definition) is 1. The van der Waals surface area contributed by atoms with Crippen LogP contribution in [0.15, 0.2) is 30.3 Å². The maximum atomic E-state index is 5.66. The Labute approximate surface area is 93.6 Å². The third kappa shape index (κ3) is 4.62. The maximum Gasteiger partial charge on any atom is 0.0720 e. The molecule has 1 atom stereocenters. The molecule has 0 spiro atoms. The Balaban J connectivity index is 2.27. The largest absolute Gasteiger partial charge is 0.374 e. The molecule has 1 nitrogen and oxygen atoms in total. The number of alkyl halides is 1. The van der Waals surface area contributed by atoms with Gasteiger partial charge in [-0.05, 0) is 18.9 Å². The van der Waals surface area contributed by atoms with Gasteiger partial charge in [0.2, 0.25) is 0 Å². The third-order valence-corrected chi connectivity index (χ3v) is 2.52. The summed E-state index contributed by atoms with van der Waals surface area (Å²) in [6, 6.07) is 10.3. The second kappa shape index (κ2) is 6.38. The molecule has 0 aromatic heterocycles. The minimum absolute atomic E-state index is 0.372. The molecule has 0 aliphatic rings. The minimum atomic E-state index is 0.372. The smallest absolute Gasteiger partial charge is 0.0720 e. The fourth-order valence-corrected chi connectivity index (χ4v) is 1.93. The Kier molecular flexibility index (Phi) is 5.39. The van der Waals surface area contributed by atoms with Crippen LogP contribution in [0.1, 0.15) is 18.9 Å². The molecule has 1 aromatic rings. The van der Waals surface area contributed by atoms with Gasteiger partial charge in [0.15, 0.2) is 0 Å². The number of ether oxygens (including phenoxy) is 1. The Morgan fingerprint density at radius 2 is 2.00 bits per heavy atom. The number of halogens is 1. The zero-order valence-corrected chi connectivity index (χ0v) is 10.0. The molecule has 13 heavy (non-hydrogen) atoms. The van der Waals surface area contributed by atoms with Crippen molar-refractivity contribution in [1.82, 2.24) is 0 Å². The molecule has 0 heterocycles. The van der Waals surface area contributed by atoms with Gasteiger partial charge in [0.05, 0.1) is 12.7 Å². The Bertz CT molecular complexity index is 223. The monoisotopic (exact) mass is 290 g/mol. The predicted molar refractivity (Wildman–Crippen MR) is 64.2 cm³/mol. The Morgan fingerprint density at radius 1 is 1.31 bits per heavy atom. The molecule has 0 saturated carbocycles. The van der Waals surface area contributed by atoms with Crippen molar-refractivity contribution in [3.05, 3.63) is 35.9 Å². The van der Waals surface area contributed by atoms with E-state index in [0.717, 1.165) is 17.5 Å². The summed E-state index contributed by atoms with van der Waals surface area (Å²) in [5.41, 5.74) is 1.25. The van der Waals surface area contributed by atoms with E-state index in [4.69, 9.17) is 4.74 Å². The van der Waals surface area contributed by atoms with Crippen LogP contribution in [0.3, 0.4) is 0 Å². The van der Waals surface area contributed by atoms with Gasteiger partial charge in [-0.25, -0.2) is 0 Å². The van der Waals surface area contributed by atoms with Gasteiger partial charge in [0.25, 0.3) is 0 Å². The van der Waals surface area contributed by atoms with Crippen LogP contribution < -0.4 is 0 Å². The lowest BCUT2D eigenvalue weighted by atomic mass is 10.2. The van der Waals surface area contributed by atoms with Crippen LogP contribution in [-0.4, -0.2) is 10.5 Å². The van der Waals surface area contributed by atoms with Crippen molar-refractivity contribution in [2.24, 2.45) is 0 Å². The molecule has 0 N–H and O–H groups in total. The highest BCUT2D eigenvalue weighted by molar-refractivity contribution is 14.1. The van der Waals surface area contributed by atoms with Gasteiger partial charge in [-0.3, -0.25) is 0 Å². The van der Waals surface area contributed by atoms with Crippen LogP contribution in [-0.2, 0) is 11.3 Å². The molecular formula is C11H15IO. The number of benzene rings is 1. The fourth-order valence-electron chi connectivity index (χ4n) is 1.05. The molecule has 1 aromatic carbocycles. The van der Waals surface area contributed by atoms with Crippen molar-refractivity contribution < 1.29 is 4.74 Å². The van der Waals surface area contributed by atoms with E-state index in [2.05, 4.69) is 41.6 Å². The standard InChI is InChI=1S/C11H15IO/c1-10(7-8-12)13-9-11-5-3-2-4-6-11/h2-6,10H,7-9H2,1H3. The quantitative estimate of drug-likeness (QED) is 0.596. The SMILES string of the molecule is CC(CCI)OCc1ccccc1.